The average molecular weight is 381 g/mol. The van der Waals surface area contributed by atoms with Crippen molar-refractivity contribution in [2.45, 2.75) is 20.0 Å². The molecule has 28 heavy (non-hydrogen) atoms. The van der Waals surface area contributed by atoms with Gasteiger partial charge < -0.3 is 15.0 Å². The summed E-state index contributed by atoms with van der Waals surface area (Å²) < 4.78 is 6.88. The molecular formula is C18H19N7O3. The minimum atomic E-state index is -0.316. The van der Waals surface area contributed by atoms with E-state index in [9.17, 15) is 9.59 Å². The third-order valence-electron chi connectivity index (χ3n) is 4.72. The van der Waals surface area contributed by atoms with E-state index in [4.69, 9.17) is 4.74 Å². The maximum Gasteiger partial charge on any atom is 0.256 e. The predicted molar refractivity (Wildman–Crippen MR) is 98.7 cm³/mol. The molecule has 0 saturated carbocycles. The number of amides is 2. The van der Waals surface area contributed by atoms with Crippen molar-refractivity contribution in [1.82, 2.24) is 35.2 Å². The Morgan fingerprint density at radius 1 is 1.36 bits per heavy atom. The second-order valence-corrected chi connectivity index (χ2v) is 6.43. The number of aromatic nitrogens is 5. The fourth-order valence-electron chi connectivity index (χ4n) is 3.19. The van der Waals surface area contributed by atoms with Crippen LogP contribution in [0, 0.1) is 0 Å². The maximum atomic E-state index is 12.5. The Labute approximate surface area is 160 Å². The smallest absolute Gasteiger partial charge is 0.256 e. The predicted octanol–water partition coefficient (Wildman–Crippen LogP) is 0.673. The van der Waals surface area contributed by atoms with Gasteiger partial charge in [-0.15, -0.1) is 5.10 Å². The molecule has 0 aliphatic carbocycles. The van der Waals surface area contributed by atoms with Crippen LogP contribution in [0.4, 0.5) is 0 Å². The van der Waals surface area contributed by atoms with Crippen LogP contribution in [0.15, 0.2) is 18.3 Å². The first-order valence-corrected chi connectivity index (χ1v) is 8.81. The van der Waals surface area contributed by atoms with E-state index in [1.165, 1.54) is 18.0 Å². The summed E-state index contributed by atoms with van der Waals surface area (Å²) in [5.41, 5.74) is 3.38. The lowest BCUT2D eigenvalue weighted by atomic mass is 10.1. The number of rotatable bonds is 5. The van der Waals surface area contributed by atoms with Crippen LogP contribution in [0.3, 0.4) is 0 Å². The van der Waals surface area contributed by atoms with Gasteiger partial charge in [0.15, 0.2) is 5.65 Å². The second-order valence-electron chi connectivity index (χ2n) is 6.43. The molecule has 1 aliphatic rings. The van der Waals surface area contributed by atoms with Crippen molar-refractivity contribution in [2.75, 3.05) is 13.7 Å². The van der Waals surface area contributed by atoms with Gasteiger partial charge in [-0.3, -0.25) is 9.59 Å². The van der Waals surface area contributed by atoms with Crippen molar-refractivity contribution < 1.29 is 14.3 Å². The zero-order valence-corrected chi connectivity index (χ0v) is 15.8. The fourth-order valence-corrected chi connectivity index (χ4v) is 3.19. The summed E-state index contributed by atoms with van der Waals surface area (Å²) in [4.78, 5) is 35.3. The van der Waals surface area contributed by atoms with Gasteiger partial charge in [-0.2, -0.15) is 0 Å². The first kappa shape index (κ1) is 17.8. The standard InChI is InChI=1S/C18H19N7O3/c1-4-25-9-14-12(18(25)27)5-11(17(21-14)28-3)8-20-16(26)10-6-13-15(19-7-10)24(2)23-22-13/h5-7H,4,8-9H2,1-3H3,(H,20,26). The Morgan fingerprint density at radius 2 is 2.18 bits per heavy atom. The van der Waals surface area contributed by atoms with Gasteiger partial charge in [0.1, 0.15) is 5.52 Å². The quantitative estimate of drug-likeness (QED) is 0.691. The third kappa shape index (κ3) is 2.92. The number of ether oxygens (including phenoxy) is 1. The zero-order valence-electron chi connectivity index (χ0n) is 15.8. The minimum absolute atomic E-state index is 0.0578. The van der Waals surface area contributed by atoms with Crippen LogP contribution in [0.2, 0.25) is 0 Å². The second kappa shape index (κ2) is 6.87. The molecule has 10 heteroatoms. The Bertz CT molecular complexity index is 1090. The van der Waals surface area contributed by atoms with E-state index < -0.39 is 0 Å². The van der Waals surface area contributed by atoms with E-state index in [0.29, 0.717) is 52.5 Å². The first-order chi connectivity index (χ1) is 13.5. The number of hydrogen-bond donors (Lipinski definition) is 1. The lowest BCUT2D eigenvalue weighted by Crippen LogP contribution is -2.24. The Morgan fingerprint density at radius 3 is 2.93 bits per heavy atom. The summed E-state index contributed by atoms with van der Waals surface area (Å²) in [5.74, 6) is 0.0222. The molecule has 0 unspecified atom stereocenters. The van der Waals surface area contributed by atoms with E-state index in [-0.39, 0.29) is 18.4 Å². The highest BCUT2D eigenvalue weighted by Gasteiger charge is 2.29. The molecule has 0 atom stereocenters. The van der Waals surface area contributed by atoms with Gasteiger partial charge >= 0.3 is 0 Å². The number of nitrogens with one attached hydrogen (secondary N) is 1. The molecule has 0 spiro atoms. The molecule has 1 N–H and O–H groups in total. The highest BCUT2D eigenvalue weighted by molar-refractivity contribution is 5.98. The van der Waals surface area contributed by atoms with Crippen LogP contribution in [-0.2, 0) is 20.1 Å². The molecule has 144 valence electrons. The van der Waals surface area contributed by atoms with E-state index >= 15 is 0 Å². The van der Waals surface area contributed by atoms with Crippen LogP contribution in [0.1, 0.15) is 38.9 Å². The van der Waals surface area contributed by atoms with Crippen LogP contribution in [0.25, 0.3) is 11.2 Å². The molecule has 0 bridgehead atoms. The number of nitrogens with zero attached hydrogens (tertiary/aromatic N) is 6. The maximum absolute atomic E-state index is 12.5. The van der Waals surface area contributed by atoms with E-state index in [1.807, 2.05) is 6.92 Å². The summed E-state index contributed by atoms with van der Waals surface area (Å²) in [6, 6.07) is 3.37. The lowest BCUT2D eigenvalue weighted by Gasteiger charge is -2.10. The summed E-state index contributed by atoms with van der Waals surface area (Å²) in [5, 5.41) is 10.7. The summed E-state index contributed by atoms with van der Waals surface area (Å²) in [7, 11) is 3.25. The normalized spacial score (nSPS) is 13.1. The molecule has 0 radical (unpaired) electrons. The zero-order chi connectivity index (χ0) is 19.8. The molecule has 0 saturated heterocycles. The van der Waals surface area contributed by atoms with E-state index in [0.717, 1.165) is 0 Å². The van der Waals surface area contributed by atoms with Crippen molar-refractivity contribution >= 4 is 23.0 Å². The van der Waals surface area contributed by atoms with Gasteiger partial charge in [-0.1, -0.05) is 5.21 Å². The van der Waals surface area contributed by atoms with E-state index in [1.54, 1.807) is 24.1 Å². The third-order valence-corrected chi connectivity index (χ3v) is 4.72. The largest absolute Gasteiger partial charge is 0.481 e. The molecule has 0 fully saturated rings. The number of methoxy groups -OCH3 is 1. The van der Waals surface area contributed by atoms with Gasteiger partial charge in [-0.25, -0.2) is 14.6 Å². The van der Waals surface area contributed by atoms with Gasteiger partial charge in [0.2, 0.25) is 5.88 Å². The molecular weight excluding hydrogens is 362 g/mol. The highest BCUT2D eigenvalue weighted by Crippen LogP contribution is 2.27. The van der Waals surface area contributed by atoms with Gasteiger partial charge in [0.05, 0.1) is 30.5 Å². The molecule has 3 aromatic rings. The molecule has 10 nitrogen and oxygen atoms in total. The van der Waals surface area contributed by atoms with Crippen LogP contribution in [0.5, 0.6) is 5.88 Å². The van der Waals surface area contributed by atoms with Crippen molar-refractivity contribution in [1.29, 1.82) is 0 Å². The van der Waals surface area contributed by atoms with Gasteiger partial charge in [0, 0.05) is 31.9 Å². The number of pyridine rings is 2. The molecule has 1 aliphatic heterocycles. The molecule has 0 aromatic carbocycles. The number of carbonyl (C=O) groups is 2. The van der Waals surface area contributed by atoms with Crippen molar-refractivity contribution in [3.05, 3.63) is 40.7 Å². The van der Waals surface area contributed by atoms with Gasteiger partial charge in [-0.05, 0) is 19.1 Å². The van der Waals surface area contributed by atoms with Crippen molar-refractivity contribution in [3.63, 3.8) is 0 Å². The SMILES string of the molecule is CCN1Cc2nc(OC)c(CNC(=O)c3cnc4c(c3)nnn4C)cc2C1=O. The summed E-state index contributed by atoms with van der Waals surface area (Å²) in [6.07, 6.45) is 1.47. The first-order valence-electron chi connectivity index (χ1n) is 8.81. The Kier molecular flexibility index (Phi) is 4.38. The van der Waals surface area contributed by atoms with Crippen LogP contribution < -0.4 is 10.1 Å². The van der Waals surface area contributed by atoms with Gasteiger partial charge in [0.25, 0.3) is 11.8 Å². The summed E-state index contributed by atoms with van der Waals surface area (Å²) >= 11 is 0. The average Bonchev–Trinajstić information content (AvgIpc) is 3.24. The van der Waals surface area contributed by atoms with Crippen LogP contribution in [-0.4, -0.2) is 55.3 Å². The fraction of sp³-hybridized carbons (Fsp3) is 0.333. The monoisotopic (exact) mass is 381 g/mol. The molecule has 4 rings (SSSR count). The van der Waals surface area contributed by atoms with Crippen LogP contribution >= 0.6 is 0 Å². The number of hydrogen-bond acceptors (Lipinski definition) is 7. The number of aryl methyl sites for hydroxylation is 1. The van der Waals surface area contributed by atoms with Crippen molar-refractivity contribution in [2.24, 2.45) is 7.05 Å². The molecule has 2 amide bonds. The Hall–Kier alpha value is -3.56. The number of carbonyl (C=O) groups excluding carboxylic acids is 2. The van der Waals surface area contributed by atoms with Crippen molar-refractivity contribution in [3.8, 4) is 5.88 Å². The topological polar surface area (TPSA) is 115 Å². The van der Waals surface area contributed by atoms with E-state index in [2.05, 4.69) is 25.6 Å². The minimum Gasteiger partial charge on any atom is -0.481 e. The highest BCUT2D eigenvalue weighted by atomic mass is 16.5. The molecule has 3 aromatic heterocycles. The lowest BCUT2D eigenvalue weighted by molar-refractivity contribution is 0.0786. The Balaban J connectivity index is 1.55. The summed E-state index contributed by atoms with van der Waals surface area (Å²) in [6.45, 7) is 3.17. The molecule has 4 heterocycles. The number of fused-ring (bicyclic) bond motifs is 2.